The molecule has 0 spiro atoms. The van der Waals surface area contributed by atoms with E-state index in [1.807, 2.05) is 30.3 Å². The number of piperazine rings is 1. The zero-order valence-electron chi connectivity index (χ0n) is 17.5. The van der Waals surface area contributed by atoms with Gasteiger partial charge in [0.2, 0.25) is 5.91 Å². The number of fused-ring (bicyclic) bond motifs is 2. The van der Waals surface area contributed by atoms with Gasteiger partial charge in [-0.15, -0.1) is 0 Å². The van der Waals surface area contributed by atoms with Gasteiger partial charge in [-0.05, 0) is 28.5 Å². The van der Waals surface area contributed by atoms with E-state index in [0.29, 0.717) is 13.0 Å². The van der Waals surface area contributed by atoms with Gasteiger partial charge in [-0.1, -0.05) is 65.9 Å². The summed E-state index contributed by atoms with van der Waals surface area (Å²) < 4.78 is 1.24. The molecular formula is C25H26N4OS. The number of nitrogens with one attached hydrogen (secondary N) is 1. The number of aromatic nitrogens is 1. The van der Waals surface area contributed by atoms with Crippen molar-refractivity contribution in [2.45, 2.75) is 6.42 Å². The van der Waals surface area contributed by atoms with Crippen molar-refractivity contribution in [2.24, 2.45) is 0 Å². The van der Waals surface area contributed by atoms with Crippen LogP contribution < -0.4 is 10.2 Å². The molecule has 1 fully saturated rings. The molecule has 31 heavy (non-hydrogen) atoms. The summed E-state index contributed by atoms with van der Waals surface area (Å²) in [6.45, 7) is 5.51. The van der Waals surface area contributed by atoms with Crippen LogP contribution >= 0.6 is 11.3 Å². The molecule has 5 nitrogen and oxygen atoms in total. The molecule has 0 bridgehead atoms. The lowest BCUT2D eigenvalue weighted by molar-refractivity contribution is -0.120. The van der Waals surface area contributed by atoms with E-state index in [4.69, 9.17) is 4.98 Å². The van der Waals surface area contributed by atoms with E-state index in [9.17, 15) is 4.79 Å². The van der Waals surface area contributed by atoms with Crippen molar-refractivity contribution in [1.82, 2.24) is 15.2 Å². The van der Waals surface area contributed by atoms with Gasteiger partial charge < -0.3 is 10.2 Å². The first-order valence-corrected chi connectivity index (χ1v) is 11.6. The van der Waals surface area contributed by atoms with E-state index >= 15 is 0 Å². The van der Waals surface area contributed by atoms with Crippen molar-refractivity contribution in [3.63, 3.8) is 0 Å². The first kappa shape index (κ1) is 20.0. The molecule has 0 saturated carbocycles. The summed E-state index contributed by atoms with van der Waals surface area (Å²) in [5.41, 5.74) is 2.17. The van der Waals surface area contributed by atoms with Crippen LogP contribution in [0.3, 0.4) is 0 Å². The maximum atomic E-state index is 12.5. The van der Waals surface area contributed by atoms with Gasteiger partial charge in [0, 0.05) is 39.3 Å². The number of rotatable bonds is 6. The van der Waals surface area contributed by atoms with Gasteiger partial charge in [-0.2, -0.15) is 0 Å². The van der Waals surface area contributed by atoms with E-state index in [-0.39, 0.29) is 5.91 Å². The van der Waals surface area contributed by atoms with Crippen LogP contribution in [0.1, 0.15) is 5.56 Å². The number of thiazole rings is 1. The van der Waals surface area contributed by atoms with Gasteiger partial charge in [-0.3, -0.25) is 9.69 Å². The number of para-hydroxylation sites is 1. The number of amides is 1. The van der Waals surface area contributed by atoms with Crippen molar-refractivity contribution < 1.29 is 4.79 Å². The van der Waals surface area contributed by atoms with Crippen LogP contribution in [0.25, 0.3) is 21.0 Å². The lowest BCUT2D eigenvalue weighted by Crippen LogP contribution is -2.48. The number of hydrogen-bond acceptors (Lipinski definition) is 5. The Morgan fingerprint density at radius 2 is 1.71 bits per heavy atom. The third kappa shape index (κ3) is 4.55. The highest BCUT2D eigenvalue weighted by atomic mass is 32.1. The minimum Gasteiger partial charge on any atom is -0.355 e. The summed E-state index contributed by atoms with van der Waals surface area (Å²) in [6, 6.07) is 22.7. The predicted molar refractivity (Wildman–Crippen MR) is 129 cm³/mol. The second-order valence-corrected chi connectivity index (χ2v) is 8.97. The van der Waals surface area contributed by atoms with Gasteiger partial charge >= 0.3 is 0 Å². The summed E-state index contributed by atoms with van der Waals surface area (Å²) in [4.78, 5) is 22.0. The van der Waals surface area contributed by atoms with Gasteiger partial charge in [0.1, 0.15) is 0 Å². The molecule has 1 aromatic heterocycles. The number of hydrogen-bond donors (Lipinski definition) is 1. The molecular weight excluding hydrogens is 404 g/mol. The van der Waals surface area contributed by atoms with Crippen LogP contribution in [0.2, 0.25) is 0 Å². The van der Waals surface area contributed by atoms with Gasteiger partial charge in [0.15, 0.2) is 5.13 Å². The van der Waals surface area contributed by atoms with Gasteiger partial charge in [-0.25, -0.2) is 4.98 Å². The second kappa shape index (κ2) is 9.04. The van der Waals surface area contributed by atoms with E-state index in [2.05, 4.69) is 51.5 Å². The molecule has 3 aromatic carbocycles. The molecule has 6 heteroatoms. The second-order valence-electron chi connectivity index (χ2n) is 7.96. The molecule has 1 aliphatic heterocycles. The summed E-state index contributed by atoms with van der Waals surface area (Å²) in [5.74, 6) is 0.0875. The third-order valence-electron chi connectivity index (χ3n) is 5.91. The van der Waals surface area contributed by atoms with E-state index in [1.165, 1.54) is 10.1 Å². The molecule has 1 N–H and O–H groups in total. The first-order chi connectivity index (χ1) is 15.3. The molecule has 2 heterocycles. The van der Waals surface area contributed by atoms with Crippen molar-refractivity contribution in [3.8, 4) is 0 Å². The third-order valence-corrected chi connectivity index (χ3v) is 7.00. The number of carbonyl (C=O) groups is 1. The van der Waals surface area contributed by atoms with Crippen molar-refractivity contribution in [1.29, 1.82) is 0 Å². The van der Waals surface area contributed by atoms with Gasteiger partial charge in [0.05, 0.1) is 16.6 Å². The fourth-order valence-corrected chi connectivity index (χ4v) is 5.21. The van der Waals surface area contributed by atoms with Crippen LogP contribution in [0.5, 0.6) is 0 Å². The average Bonchev–Trinajstić information content (AvgIpc) is 3.24. The highest BCUT2D eigenvalue weighted by Crippen LogP contribution is 2.29. The number of carbonyl (C=O) groups excluding carboxylic acids is 1. The molecule has 0 atom stereocenters. The Balaban J connectivity index is 1.09. The lowest BCUT2D eigenvalue weighted by atomic mass is 10.0. The normalized spacial score (nSPS) is 14.9. The summed E-state index contributed by atoms with van der Waals surface area (Å²) in [7, 11) is 0. The zero-order chi connectivity index (χ0) is 21.0. The molecule has 0 aliphatic carbocycles. The Kier molecular flexibility index (Phi) is 5.82. The predicted octanol–water partition coefficient (Wildman–Crippen LogP) is 3.93. The minimum atomic E-state index is 0.0875. The van der Waals surface area contributed by atoms with Crippen molar-refractivity contribution in [2.75, 3.05) is 44.2 Å². The summed E-state index contributed by atoms with van der Waals surface area (Å²) in [5, 5.41) is 6.55. The Morgan fingerprint density at radius 3 is 2.58 bits per heavy atom. The zero-order valence-corrected chi connectivity index (χ0v) is 18.3. The topological polar surface area (TPSA) is 48.5 Å². The smallest absolute Gasteiger partial charge is 0.224 e. The van der Waals surface area contributed by atoms with Crippen LogP contribution in [0, 0.1) is 0 Å². The SMILES string of the molecule is O=C(Cc1cccc2ccccc12)NCCN1CCN(c2nc3ccccc3s2)CC1. The Bertz CT molecular complexity index is 1160. The van der Waals surface area contributed by atoms with Crippen molar-refractivity contribution in [3.05, 3.63) is 72.3 Å². The monoisotopic (exact) mass is 430 g/mol. The number of anilines is 1. The Hall–Kier alpha value is -2.96. The van der Waals surface area contributed by atoms with E-state index < -0.39 is 0 Å². The van der Waals surface area contributed by atoms with E-state index in [0.717, 1.165) is 54.3 Å². The Morgan fingerprint density at radius 1 is 0.935 bits per heavy atom. The van der Waals surface area contributed by atoms with Gasteiger partial charge in [0.25, 0.3) is 0 Å². The largest absolute Gasteiger partial charge is 0.355 e. The van der Waals surface area contributed by atoms with Crippen LogP contribution in [-0.2, 0) is 11.2 Å². The summed E-state index contributed by atoms with van der Waals surface area (Å²) >= 11 is 1.77. The lowest BCUT2D eigenvalue weighted by Gasteiger charge is -2.34. The molecule has 5 rings (SSSR count). The number of benzene rings is 3. The van der Waals surface area contributed by atoms with Crippen LogP contribution in [0.4, 0.5) is 5.13 Å². The van der Waals surface area contributed by atoms with Crippen LogP contribution in [0.15, 0.2) is 66.7 Å². The molecule has 0 unspecified atom stereocenters. The number of nitrogens with zero attached hydrogens (tertiary/aromatic N) is 3. The highest BCUT2D eigenvalue weighted by Gasteiger charge is 2.19. The fourth-order valence-electron chi connectivity index (χ4n) is 4.19. The molecule has 158 valence electrons. The maximum Gasteiger partial charge on any atom is 0.224 e. The van der Waals surface area contributed by atoms with Crippen LogP contribution in [-0.4, -0.2) is 55.1 Å². The molecule has 1 amide bonds. The first-order valence-electron chi connectivity index (χ1n) is 10.8. The minimum absolute atomic E-state index is 0.0875. The molecule has 1 aliphatic rings. The fraction of sp³-hybridized carbons (Fsp3) is 0.280. The highest BCUT2D eigenvalue weighted by molar-refractivity contribution is 7.22. The average molecular weight is 431 g/mol. The molecule has 1 saturated heterocycles. The standard InChI is InChI=1S/C25H26N4OS/c30-24(18-20-8-5-7-19-6-1-2-9-21(19)20)26-12-13-28-14-16-29(17-15-28)25-27-22-10-3-4-11-23(22)31-25/h1-11H,12-18H2,(H,26,30). The molecule has 4 aromatic rings. The van der Waals surface area contributed by atoms with E-state index in [1.54, 1.807) is 11.3 Å². The summed E-state index contributed by atoms with van der Waals surface area (Å²) in [6.07, 6.45) is 0.423. The Labute approximate surface area is 186 Å². The maximum absolute atomic E-state index is 12.5. The van der Waals surface area contributed by atoms with Crippen molar-refractivity contribution >= 4 is 43.4 Å². The quantitative estimate of drug-likeness (QED) is 0.504. The molecule has 0 radical (unpaired) electrons.